The Morgan fingerprint density at radius 3 is 2.05 bits per heavy atom. The Bertz CT molecular complexity index is 558. The summed E-state index contributed by atoms with van der Waals surface area (Å²) in [4.78, 5) is 2.12. The van der Waals surface area contributed by atoms with E-state index in [2.05, 4.69) is 36.1 Å². The Morgan fingerprint density at radius 2 is 1.55 bits per heavy atom. The fraction of sp³-hybridized carbons (Fsp3) is 0.294. The molecule has 0 fully saturated rings. The van der Waals surface area contributed by atoms with Gasteiger partial charge in [0.05, 0.1) is 6.04 Å². The number of anilines is 1. The fourth-order valence-corrected chi connectivity index (χ4v) is 2.27. The minimum Gasteiger partial charge on any atom is -0.508 e. The van der Waals surface area contributed by atoms with Crippen molar-refractivity contribution in [1.82, 2.24) is 0 Å². The van der Waals surface area contributed by atoms with Crippen LogP contribution in [0.2, 0.25) is 0 Å². The van der Waals surface area contributed by atoms with Crippen molar-refractivity contribution in [3.05, 3.63) is 53.6 Å². The molecule has 2 N–H and O–H groups in total. The number of benzene rings is 2. The number of rotatable bonds is 4. The van der Waals surface area contributed by atoms with Crippen LogP contribution in [0.1, 0.15) is 31.0 Å². The number of hydrogen-bond donors (Lipinski definition) is 2. The summed E-state index contributed by atoms with van der Waals surface area (Å²) in [5.41, 5.74) is 3.30. The van der Waals surface area contributed by atoms with E-state index >= 15 is 0 Å². The zero-order chi connectivity index (χ0) is 14.7. The summed E-state index contributed by atoms with van der Waals surface area (Å²) in [6.45, 7) is 4.18. The van der Waals surface area contributed by atoms with Crippen LogP contribution in [0.15, 0.2) is 42.5 Å². The highest BCUT2D eigenvalue weighted by Crippen LogP contribution is 2.30. The van der Waals surface area contributed by atoms with Crippen molar-refractivity contribution in [2.75, 3.05) is 11.9 Å². The standard InChI is InChI=1S/C17H21NO2/c1-4-13-5-7-15(8-6-13)18(3)12(2)14-9-16(19)11-17(20)10-14/h5-12,19-20H,4H2,1-3H3. The molecule has 0 saturated carbocycles. The molecule has 1 atom stereocenters. The van der Waals surface area contributed by atoms with E-state index in [1.807, 2.05) is 14.0 Å². The molecule has 2 rings (SSSR count). The van der Waals surface area contributed by atoms with Gasteiger partial charge in [0.1, 0.15) is 11.5 Å². The van der Waals surface area contributed by atoms with E-state index in [1.165, 1.54) is 11.6 Å². The van der Waals surface area contributed by atoms with Gasteiger partial charge in [-0.2, -0.15) is 0 Å². The molecule has 106 valence electrons. The molecule has 3 nitrogen and oxygen atoms in total. The van der Waals surface area contributed by atoms with E-state index in [1.54, 1.807) is 12.1 Å². The number of phenols is 2. The lowest BCUT2D eigenvalue weighted by molar-refractivity contribution is 0.448. The average molecular weight is 271 g/mol. The number of aryl methyl sites for hydroxylation is 1. The maximum Gasteiger partial charge on any atom is 0.119 e. The molecule has 2 aromatic rings. The second-order valence-electron chi connectivity index (χ2n) is 5.09. The summed E-state index contributed by atoms with van der Waals surface area (Å²) in [7, 11) is 2.01. The van der Waals surface area contributed by atoms with E-state index in [-0.39, 0.29) is 17.5 Å². The quantitative estimate of drug-likeness (QED) is 0.887. The van der Waals surface area contributed by atoms with Crippen molar-refractivity contribution >= 4 is 5.69 Å². The van der Waals surface area contributed by atoms with Crippen molar-refractivity contribution in [2.24, 2.45) is 0 Å². The molecule has 0 aromatic heterocycles. The Hall–Kier alpha value is -2.16. The van der Waals surface area contributed by atoms with Gasteiger partial charge in [0.2, 0.25) is 0 Å². The monoisotopic (exact) mass is 271 g/mol. The molecule has 0 bridgehead atoms. The SMILES string of the molecule is CCc1ccc(N(C)C(C)c2cc(O)cc(O)c2)cc1. The van der Waals surface area contributed by atoms with Crippen LogP contribution in [0.25, 0.3) is 0 Å². The molecule has 1 unspecified atom stereocenters. The highest BCUT2D eigenvalue weighted by Gasteiger charge is 2.14. The predicted molar refractivity (Wildman–Crippen MR) is 82.4 cm³/mol. The lowest BCUT2D eigenvalue weighted by atomic mass is 10.1. The van der Waals surface area contributed by atoms with Gasteiger partial charge in [0.25, 0.3) is 0 Å². The Kier molecular flexibility index (Phi) is 4.18. The van der Waals surface area contributed by atoms with Gasteiger partial charge < -0.3 is 15.1 Å². The van der Waals surface area contributed by atoms with Crippen molar-refractivity contribution in [3.63, 3.8) is 0 Å². The summed E-state index contributed by atoms with van der Waals surface area (Å²) in [5.74, 6) is 0.170. The van der Waals surface area contributed by atoms with Crippen LogP contribution >= 0.6 is 0 Å². The third kappa shape index (κ3) is 3.05. The molecule has 0 aliphatic heterocycles. The number of nitrogens with zero attached hydrogens (tertiary/aromatic N) is 1. The maximum atomic E-state index is 9.58. The van der Waals surface area contributed by atoms with Gasteiger partial charge >= 0.3 is 0 Å². The Morgan fingerprint density at radius 1 is 1.00 bits per heavy atom. The van der Waals surface area contributed by atoms with Gasteiger partial charge in [-0.1, -0.05) is 19.1 Å². The first-order chi connectivity index (χ1) is 9.51. The van der Waals surface area contributed by atoms with Crippen LogP contribution in [0, 0.1) is 0 Å². The minimum atomic E-state index is 0.0560. The number of hydrogen-bond acceptors (Lipinski definition) is 3. The van der Waals surface area contributed by atoms with Crippen molar-refractivity contribution in [3.8, 4) is 11.5 Å². The van der Waals surface area contributed by atoms with Gasteiger partial charge in [-0.15, -0.1) is 0 Å². The molecule has 2 aromatic carbocycles. The molecule has 0 aliphatic rings. The molecular weight excluding hydrogens is 250 g/mol. The van der Waals surface area contributed by atoms with E-state index in [4.69, 9.17) is 0 Å². The zero-order valence-electron chi connectivity index (χ0n) is 12.2. The van der Waals surface area contributed by atoms with Gasteiger partial charge in [-0.05, 0) is 48.7 Å². The van der Waals surface area contributed by atoms with Gasteiger partial charge in [0, 0.05) is 18.8 Å². The third-order valence-corrected chi connectivity index (χ3v) is 3.74. The van der Waals surface area contributed by atoms with E-state index in [0.29, 0.717) is 0 Å². The minimum absolute atomic E-state index is 0.0560. The van der Waals surface area contributed by atoms with Crippen LogP contribution in [-0.4, -0.2) is 17.3 Å². The van der Waals surface area contributed by atoms with Gasteiger partial charge in [-0.3, -0.25) is 0 Å². The molecule has 20 heavy (non-hydrogen) atoms. The molecule has 0 spiro atoms. The first-order valence-electron chi connectivity index (χ1n) is 6.86. The van der Waals surface area contributed by atoms with E-state index in [9.17, 15) is 10.2 Å². The highest BCUT2D eigenvalue weighted by atomic mass is 16.3. The van der Waals surface area contributed by atoms with Crippen molar-refractivity contribution in [1.29, 1.82) is 0 Å². The first-order valence-corrected chi connectivity index (χ1v) is 6.86. The van der Waals surface area contributed by atoms with Crippen molar-refractivity contribution in [2.45, 2.75) is 26.3 Å². The molecule has 0 saturated heterocycles. The average Bonchev–Trinajstić information content (AvgIpc) is 2.45. The fourth-order valence-electron chi connectivity index (χ4n) is 2.27. The largest absolute Gasteiger partial charge is 0.508 e. The molecule has 0 aliphatic carbocycles. The molecule has 0 heterocycles. The van der Waals surface area contributed by atoms with Crippen molar-refractivity contribution < 1.29 is 10.2 Å². The summed E-state index contributed by atoms with van der Waals surface area (Å²) < 4.78 is 0. The van der Waals surface area contributed by atoms with Crippen LogP contribution in [0.4, 0.5) is 5.69 Å². The molecular formula is C17H21NO2. The maximum absolute atomic E-state index is 9.58. The molecule has 0 amide bonds. The Labute approximate surface area is 120 Å². The third-order valence-electron chi connectivity index (χ3n) is 3.74. The topological polar surface area (TPSA) is 43.7 Å². The second kappa shape index (κ2) is 5.87. The molecule has 3 heteroatoms. The number of phenolic OH excluding ortho intramolecular Hbond substituents is 2. The smallest absolute Gasteiger partial charge is 0.119 e. The van der Waals surface area contributed by atoms with Crippen LogP contribution in [-0.2, 0) is 6.42 Å². The Balaban J connectivity index is 2.24. The summed E-state index contributed by atoms with van der Waals surface area (Å²) in [6, 6.07) is 13.2. The van der Waals surface area contributed by atoms with Crippen LogP contribution in [0.3, 0.4) is 0 Å². The highest BCUT2D eigenvalue weighted by molar-refractivity contribution is 5.50. The predicted octanol–water partition coefficient (Wildman–Crippen LogP) is 3.86. The lowest BCUT2D eigenvalue weighted by Gasteiger charge is -2.27. The van der Waals surface area contributed by atoms with Gasteiger partial charge in [-0.25, -0.2) is 0 Å². The van der Waals surface area contributed by atoms with Crippen LogP contribution in [0.5, 0.6) is 11.5 Å². The first kappa shape index (κ1) is 14.3. The van der Waals surface area contributed by atoms with Crippen LogP contribution < -0.4 is 4.90 Å². The second-order valence-corrected chi connectivity index (χ2v) is 5.09. The molecule has 0 radical (unpaired) electrons. The van der Waals surface area contributed by atoms with Gasteiger partial charge in [0.15, 0.2) is 0 Å². The summed E-state index contributed by atoms with van der Waals surface area (Å²) in [6.07, 6.45) is 1.03. The summed E-state index contributed by atoms with van der Waals surface area (Å²) in [5, 5.41) is 19.2. The summed E-state index contributed by atoms with van der Waals surface area (Å²) >= 11 is 0. The zero-order valence-corrected chi connectivity index (χ0v) is 12.2. The lowest BCUT2D eigenvalue weighted by Crippen LogP contribution is -2.21. The van der Waals surface area contributed by atoms with E-state index in [0.717, 1.165) is 17.7 Å². The number of aromatic hydroxyl groups is 2. The normalized spacial score (nSPS) is 12.2. The van der Waals surface area contributed by atoms with E-state index < -0.39 is 0 Å².